The van der Waals surface area contributed by atoms with Crippen molar-refractivity contribution < 1.29 is 19.0 Å². The smallest absolute Gasteiger partial charge is 0.257 e. The van der Waals surface area contributed by atoms with Crippen LogP contribution < -0.4 is 19.5 Å². The van der Waals surface area contributed by atoms with E-state index >= 15 is 0 Å². The van der Waals surface area contributed by atoms with Gasteiger partial charge in [0.1, 0.15) is 0 Å². The lowest BCUT2D eigenvalue weighted by atomic mass is 10.1. The van der Waals surface area contributed by atoms with Gasteiger partial charge in [0.25, 0.3) is 5.91 Å². The molecular weight excluding hydrogens is 382 g/mol. The fourth-order valence-electron chi connectivity index (χ4n) is 3.30. The van der Waals surface area contributed by atoms with E-state index in [2.05, 4.69) is 10.4 Å². The van der Waals surface area contributed by atoms with Gasteiger partial charge in [-0.2, -0.15) is 5.10 Å². The number of hydrogen-bond donors (Lipinski definition) is 1. The molecule has 1 amide bonds. The molecule has 1 heterocycles. The van der Waals surface area contributed by atoms with Crippen LogP contribution in [0.5, 0.6) is 17.2 Å². The summed E-state index contributed by atoms with van der Waals surface area (Å²) in [5, 5.41) is 8.50. The van der Waals surface area contributed by atoms with Crippen LogP contribution in [0.1, 0.15) is 10.4 Å². The van der Waals surface area contributed by atoms with Crippen LogP contribution in [-0.4, -0.2) is 37.0 Å². The summed E-state index contributed by atoms with van der Waals surface area (Å²) in [6.45, 7) is 0. The van der Waals surface area contributed by atoms with Crippen LogP contribution in [0.4, 0.5) is 5.69 Å². The molecule has 0 aliphatic rings. The summed E-state index contributed by atoms with van der Waals surface area (Å²) < 4.78 is 17.8. The molecule has 3 aromatic carbocycles. The number of amides is 1. The van der Waals surface area contributed by atoms with Gasteiger partial charge in [-0.05, 0) is 18.2 Å². The third-order valence-electron chi connectivity index (χ3n) is 4.73. The van der Waals surface area contributed by atoms with E-state index in [9.17, 15) is 4.79 Å². The first-order valence-corrected chi connectivity index (χ1v) is 9.29. The first-order chi connectivity index (χ1) is 14.6. The number of carbonyl (C=O) groups is 1. The number of benzene rings is 3. The van der Waals surface area contributed by atoms with Crippen LogP contribution in [0.3, 0.4) is 0 Å². The lowest BCUT2D eigenvalue weighted by Crippen LogP contribution is -2.15. The molecule has 152 valence electrons. The number of fused-ring (bicyclic) bond motifs is 1. The SMILES string of the molecule is COc1cc(NC(=O)c2ccccc2-n2cc3ccccc3n2)cc(OC)c1OC. The van der Waals surface area contributed by atoms with Crippen molar-refractivity contribution in [2.75, 3.05) is 26.6 Å². The maximum absolute atomic E-state index is 13.1. The lowest BCUT2D eigenvalue weighted by molar-refractivity contribution is 0.102. The highest BCUT2D eigenvalue weighted by molar-refractivity contribution is 6.07. The number of nitrogens with zero attached hydrogens (tertiary/aromatic N) is 2. The van der Waals surface area contributed by atoms with E-state index < -0.39 is 0 Å². The van der Waals surface area contributed by atoms with Crippen molar-refractivity contribution in [3.05, 3.63) is 72.4 Å². The van der Waals surface area contributed by atoms with Crippen molar-refractivity contribution in [2.45, 2.75) is 0 Å². The van der Waals surface area contributed by atoms with E-state index in [0.717, 1.165) is 10.9 Å². The monoisotopic (exact) mass is 403 g/mol. The van der Waals surface area contributed by atoms with Crippen molar-refractivity contribution in [1.29, 1.82) is 0 Å². The molecule has 0 saturated carbocycles. The first-order valence-electron chi connectivity index (χ1n) is 9.29. The first kappa shape index (κ1) is 19.3. The van der Waals surface area contributed by atoms with Gasteiger partial charge in [0.2, 0.25) is 5.75 Å². The molecule has 0 spiro atoms. The van der Waals surface area contributed by atoms with Gasteiger partial charge in [-0.1, -0.05) is 30.3 Å². The highest BCUT2D eigenvalue weighted by Crippen LogP contribution is 2.40. The molecule has 0 aliphatic heterocycles. The summed E-state index contributed by atoms with van der Waals surface area (Å²) >= 11 is 0. The lowest BCUT2D eigenvalue weighted by Gasteiger charge is -2.15. The molecule has 4 aromatic rings. The second-order valence-corrected chi connectivity index (χ2v) is 6.52. The van der Waals surface area contributed by atoms with Crippen LogP contribution in [0.25, 0.3) is 16.6 Å². The number of methoxy groups -OCH3 is 3. The third-order valence-corrected chi connectivity index (χ3v) is 4.73. The van der Waals surface area contributed by atoms with Gasteiger partial charge in [0, 0.05) is 29.4 Å². The van der Waals surface area contributed by atoms with Crippen LogP contribution >= 0.6 is 0 Å². The van der Waals surface area contributed by atoms with Crippen molar-refractivity contribution in [1.82, 2.24) is 9.78 Å². The van der Waals surface area contributed by atoms with Crippen molar-refractivity contribution in [3.63, 3.8) is 0 Å². The molecule has 0 bridgehead atoms. The van der Waals surface area contributed by atoms with E-state index in [4.69, 9.17) is 14.2 Å². The van der Waals surface area contributed by atoms with E-state index in [0.29, 0.717) is 34.2 Å². The Morgan fingerprint density at radius 3 is 2.23 bits per heavy atom. The van der Waals surface area contributed by atoms with Crippen LogP contribution in [-0.2, 0) is 0 Å². The Labute approximate surface area is 173 Å². The zero-order valence-corrected chi connectivity index (χ0v) is 16.9. The molecular formula is C23H21N3O4. The van der Waals surface area contributed by atoms with E-state index in [1.807, 2.05) is 48.7 Å². The second-order valence-electron chi connectivity index (χ2n) is 6.52. The zero-order chi connectivity index (χ0) is 21.1. The Kier molecular flexibility index (Phi) is 5.26. The maximum atomic E-state index is 13.1. The fraction of sp³-hybridized carbons (Fsp3) is 0.130. The molecule has 30 heavy (non-hydrogen) atoms. The molecule has 7 nitrogen and oxygen atoms in total. The molecule has 0 radical (unpaired) electrons. The summed E-state index contributed by atoms with van der Waals surface area (Å²) in [7, 11) is 4.59. The molecule has 4 rings (SSSR count). The maximum Gasteiger partial charge on any atom is 0.257 e. The van der Waals surface area contributed by atoms with Gasteiger partial charge in [-0.25, -0.2) is 4.68 Å². The minimum absolute atomic E-state index is 0.278. The fourth-order valence-corrected chi connectivity index (χ4v) is 3.30. The number of carbonyl (C=O) groups excluding carboxylic acids is 1. The molecule has 0 fully saturated rings. The topological polar surface area (TPSA) is 74.6 Å². The van der Waals surface area contributed by atoms with Crippen LogP contribution in [0, 0.1) is 0 Å². The van der Waals surface area contributed by atoms with E-state index in [-0.39, 0.29) is 5.91 Å². The van der Waals surface area contributed by atoms with Gasteiger partial charge in [-0.15, -0.1) is 0 Å². The van der Waals surface area contributed by atoms with Gasteiger partial charge in [0.15, 0.2) is 11.5 Å². The average molecular weight is 403 g/mol. The third kappa shape index (κ3) is 3.53. The van der Waals surface area contributed by atoms with Crippen LogP contribution in [0.15, 0.2) is 66.9 Å². The minimum Gasteiger partial charge on any atom is -0.493 e. The number of anilines is 1. The second kappa shape index (κ2) is 8.16. The Hall–Kier alpha value is -4.00. The molecule has 1 aromatic heterocycles. The zero-order valence-electron chi connectivity index (χ0n) is 16.9. The number of hydrogen-bond acceptors (Lipinski definition) is 5. The Morgan fingerprint density at radius 2 is 1.57 bits per heavy atom. The average Bonchev–Trinajstić information content (AvgIpc) is 3.22. The summed E-state index contributed by atoms with van der Waals surface area (Å²) in [4.78, 5) is 13.1. The number of ether oxygens (including phenoxy) is 3. The highest BCUT2D eigenvalue weighted by atomic mass is 16.5. The Bertz CT molecular complexity index is 1160. The normalized spacial score (nSPS) is 10.6. The van der Waals surface area contributed by atoms with Crippen LogP contribution in [0.2, 0.25) is 0 Å². The Balaban J connectivity index is 1.70. The summed E-state index contributed by atoms with van der Waals surface area (Å²) in [6.07, 6.45) is 1.90. The Morgan fingerprint density at radius 1 is 0.900 bits per heavy atom. The molecule has 1 N–H and O–H groups in total. The predicted octanol–water partition coefficient (Wildman–Crippen LogP) is 4.30. The number of aromatic nitrogens is 2. The van der Waals surface area contributed by atoms with E-state index in [1.54, 1.807) is 22.9 Å². The molecule has 0 atom stereocenters. The highest BCUT2D eigenvalue weighted by Gasteiger charge is 2.17. The van der Waals surface area contributed by atoms with Crippen molar-refractivity contribution >= 4 is 22.5 Å². The van der Waals surface area contributed by atoms with Gasteiger partial charge >= 0.3 is 0 Å². The molecule has 7 heteroatoms. The predicted molar refractivity (Wildman–Crippen MR) is 115 cm³/mol. The molecule has 0 unspecified atom stereocenters. The van der Waals surface area contributed by atoms with Crippen molar-refractivity contribution in [2.24, 2.45) is 0 Å². The van der Waals surface area contributed by atoms with Crippen molar-refractivity contribution in [3.8, 4) is 22.9 Å². The summed E-state index contributed by atoms with van der Waals surface area (Å²) in [6, 6.07) is 18.5. The van der Waals surface area contributed by atoms with Gasteiger partial charge < -0.3 is 19.5 Å². The van der Waals surface area contributed by atoms with Gasteiger partial charge in [-0.3, -0.25) is 4.79 Å². The number of nitrogens with one attached hydrogen (secondary N) is 1. The number of para-hydroxylation sites is 1. The minimum atomic E-state index is -0.278. The standard InChI is InChI=1S/C23H21N3O4/c1-28-20-12-16(13-21(29-2)22(20)30-3)24-23(27)17-9-5-7-11-19(17)26-14-15-8-4-6-10-18(15)25-26/h4-14H,1-3H3,(H,24,27). The van der Waals surface area contributed by atoms with E-state index in [1.165, 1.54) is 21.3 Å². The summed E-state index contributed by atoms with van der Waals surface area (Å²) in [5.41, 5.74) is 2.55. The summed E-state index contributed by atoms with van der Waals surface area (Å²) in [5.74, 6) is 1.10. The molecule has 0 aliphatic carbocycles. The quantitative estimate of drug-likeness (QED) is 0.519. The number of rotatable bonds is 6. The largest absolute Gasteiger partial charge is 0.493 e. The van der Waals surface area contributed by atoms with Gasteiger partial charge in [0.05, 0.1) is 38.1 Å². The molecule has 0 saturated heterocycles.